The van der Waals surface area contributed by atoms with E-state index < -0.39 is 18.0 Å². The number of pyridine rings is 1. The van der Waals surface area contributed by atoms with Crippen LogP contribution in [0.4, 0.5) is 5.69 Å². The minimum absolute atomic E-state index is 0.296. The number of carbonyl (C=O) groups is 2. The molecule has 1 N–H and O–H groups in total. The monoisotopic (exact) mass is 516 g/mol. The topological polar surface area (TPSA) is 94.1 Å². The van der Waals surface area contributed by atoms with E-state index in [0.29, 0.717) is 28.7 Å². The Balaban J connectivity index is 1.47. The molecule has 0 aliphatic carbocycles. The number of amides is 1. The molecule has 2 heterocycles. The van der Waals surface area contributed by atoms with Crippen LogP contribution in [0.15, 0.2) is 91.3 Å². The van der Waals surface area contributed by atoms with E-state index in [0.717, 1.165) is 33.6 Å². The van der Waals surface area contributed by atoms with Crippen molar-refractivity contribution >= 4 is 28.6 Å². The van der Waals surface area contributed by atoms with E-state index in [4.69, 9.17) is 14.7 Å². The summed E-state index contributed by atoms with van der Waals surface area (Å²) in [6, 6.07) is 24.7. The highest BCUT2D eigenvalue weighted by atomic mass is 16.5. The zero-order valence-corrected chi connectivity index (χ0v) is 22.0. The summed E-state index contributed by atoms with van der Waals surface area (Å²) in [5.41, 5.74) is 7.77. The van der Waals surface area contributed by atoms with Gasteiger partial charge in [0, 0.05) is 29.2 Å². The van der Waals surface area contributed by atoms with Crippen LogP contribution in [0.2, 0.25) is 0 Å². The first-order valence-electron chi connectivity index (χ1n) is 12.8. The highest BCUT2D eigenvalue weighted by Gasteiger charge is 2.23. The average molecular weight is 517 g/mol. The number of benzene rings is 3. The van der Waals surface area contributed by atoms with Gasteiger partial charge in [0.25, 0.3) is 5.91 Å². The van der Waals surface area contributed by atoms with Gasteiger partial charge in [-0.3, -0.25) is 9.78 Å². The maximum absolute atomic E-state index is 13.1. The van der Waals surface area contributed by atoms with E-state index >= 15 is 0 Å². The summed E-state index contributed by atoms with van der Waals surface area (Å²) in [6.07, 6.45) is 2.54. The third-order valence-electron chi connectivity index (χ3n) is 6.41. The minimum Gasteiger partial charge on any atom is -0.449 e. The number of aromatic nitrogens is 3. The van der Waals surface area contributed by atoms with Crippen LogP contribution in [-0.4, -0.2) is 32.9 Å². The molecular weight excluding hydrogens is 488 g/mol. The number of nitrogens with zero attached hydrogens (tertiary/aromatic N) is 3. The van der Waals surface area contributed by atoms with Crippen molar-refractivity contribution in [1.29, 1.82) is 0 Å². The standard InChI is InChI=1S/C32H28N4O3/c1-4-28(31(37)34-25-15-17-33-18-16-25)39-32(38)24-13-14-26-27(19-24)36-30(23-11-7-21(3)8-12-23)29(35-26)22-9-5-20(2)6-10-22/h5-19,28H,4H2,1-3H3,(H,33,34,37). The second-order valence-corrected chi connectivity index (χ2v) is 9.38. The third kappa shape index (κ3) is 5.83. The number of nitrogens with one attached hydrogen (secondary N) is 1. The van der Waals surface area contributed by atoms with Gasteiger partial charge in [-0.15, -0.1) is 0 Å². The van der Waals surface area contributed by atoms with Crippen LogP contribution < -0.4 is 5.32 Å². The fourth-order valence-corrected chi connectivity index (χ4v) is 4.18. The molecule has 1 atom stereocenters. The molecule has 1 amide bonds. The fraction of sp³-hybridized carbons (Fsp3) is 0.156. The lowest BCUT2D eigenvalue weighted by Gasteiger charge is -2.16. The molecule has 0 fully saturated rings. The Labute approximate surface area is 226 Å². The van der Waals surface area contributed by atoms with E-state index in [1.165, 1.54) is 0 Å². The quantitative estimate of drug-likeness (QED) is 0.247. The number of hydrogen-bond acceptors (Lipinski definition) is 6. The van der Waals surface area contributed by atoms with Crippen molar-refractivity contribution in [3.63, 3.8) is 0 Å². The summed E-state index contributed by atoms with van der Waals surface area (Å²) in [7, 11) is 0. The number of hydrogen-bond donors (Lipinski definition) is 1. The molecule has 7 heteroatoms. The molecule has 0 aliphatic heterocycles. The zero-order valence-electron chi connectivity index (χ0n) is 22.0. The highest BCUT2D eigenvalue weighted by Crippen LogP contribution is 2.31. The van der Waals surface area contributed by atoms with Crippen LogP contribution in [0, 0.1) is 13.8 Å². The van der Waals surface area contributed by atoms with Crippen LogP contribution in [0.5, 0.6) is 0 Å². The summed E-state index contributed by atoms with van der Waals surface area (Å²) in [6.45, 7) is 5.87. The van der Waals surface area contributed by atoms with Gasteiger partial charge >= 0.3 is 5.97 Å². The molecule has 0 radical (unpaired) electrons. The minimum atomic E-state index is -0.945. The number of aryl methyl sites for hydroxylation is 2. The van der Waals surface area contributed by atoms with E-state index in [9.17, 15) is 9.59 Å². The second-order valence-electron chi connectivity index (χ2n) is 9.38. The van der Waals surface area contributed by atoms with Gasteiger partial charge in [0.1, 0.15) is 0 Å². The van der Waals surface area contributed by atoms with Crippen molar-refractivity contribution in [2.24, 2.45) is 0 Å². The van der Waals surface area contributed by atoms with Gasteiger partial charge in [-0.05, 0) is 50.6 Å². The molecule has 0 spiro atoms. The lowest BCUT2D eigenvalue weighted by molar-refractivity contribution is -0.124. The van der Waals surface area contributed by atoms with Gasteiger partial charge in [0.15, 0.2) is 6.10 Å². The van der Waals surface area contributed by atoms with Crippen LogP contribution in [0.1, 0.15) is 34.8 Å². The van der Waals surface area contributed by atoms with E-state index in [-0.39, 0.29) is 0 Å². The Kier molecular flexibility index (Phi) is 7.41. The maximum Gasteiger partial charge on any atom is 0.338 e. The van der Waals surface area contributed by atoms with Crippen LogP contribution in [0.25, 0.3) is 33.5 Å². The number of ether oxygens (including phenoxy) is 1. The first-order valence-corrected chi connectivity index (χ1v) is 12.8. The Bertz CT molecular complexity index is 1630. The van der Waals surface area contributed by atoms with Crippen LogP contribution >= 0.6 is 0 Å². The predicted octanol–water partition coefficient (Wildman–Crippen LogP) is 6.55. The van der Waals surface area contributed by atoms with Crippen LogP contribution in [0.3, 0.4) is 0 Å². The number of fused-ring (bicyclic) bond motifs is 1. The third-order valence-corrected chi connectivity index (χ3v) is 6.41. The molecule has 2 aromatic heterocycles. The Morgan fingerprint density at radius 2 is 1.33 bits per heavy atom. The molecule has 39 heavy (non-hydrogen) atoms. The van der Waals surface area contributed by atoms with Gasteiger partial charge in [0.05, 0.1) is 28.0 Å². The number of esters is 1. The Morgan fingerprint density at radius 1 is 0.769 bits per heavy atom. The molecule has 0 saturated heterocycles. The number of carbonyl (C=O) groups excluding carboxylic acids is 2. The molecule has 1 unspecified atom stereocenters. The largest absolute Gasteiger partial charge is 0.449 e. The summed E-state index contributed by atoms with van der Waals surface area (Å²) in [5, 5.41) is 2.76. The van der Waals surface area contributed by atoms with Crippen molar-refractivity contribution in [2.45, 2.75) is 33.3 Å². The lowest BCUT2D eigenvalue weighted by Crippen LogP contribution is -2.32. The second kappa shape index (κ2) is 11.2. The molecular formula is C32H28N4O3. The average Bonchev–Trinajstić information content (AvgIpc) is 2.96. The van der Waals surface area contributed by atoms with Gasteiger partial charge in [0.2, 0.25) is 0 Å². The molecule has 5 aromatic rings. The zero-order chi connectivity index (χ0) is 27.4. The van der Waals surface area contributed by atoms with Crippen LogP contribution in [-0.2, 0) is 9.53 Å². The van der Waals surface area contributed by atoms with Crippen molar-refractivity contribution in [1.82, 2.24) is 15.0 Å². The molecule has 3 aromatic carbocycles. The van der Waals surface area contributed by atoms with Gasteiger partial charge in [-0.2, -0.15) is 0 Å². The molecule has 0 aliphatic rings. The molecule has 194 valence electrons. The van der Waals surface area contributed by atoms with Gasteiger partial charge in [-0.25, -0.2) is 14.8 Å². The maximum atomic E-state index is 13.1. The normalized spacial score (nSPS) is 11.7. The van der Waals surface area contributed by atoms with Gasteiger partial charge in [-0.1, -0.05) is 66.6 Å². The van der Waals surface area contributed by atoms with E-state index in [1.807, 2.05) is 62.4 Å². The van der Waals surface area contributed by atoms with E-state index in [2.05, 4.69) is 10.3 Å². The van der Waals surface area contributed by atoms with Crippen molar-refractivity contribution in [3.8, 4) is 22.5 Å². The Morgan fingerprint density at radius 3 is 1.90 bits per heavy atom. The summed E-state index contributed by atoms with van der Waals surface area (Å²) >= 11 is 0. The first kappa shape index (κ1) is 25.7. The van der Waals surface area contributed by atoms with Crippen molar-refractivity contribution in [2.75, 3.05) is 5.32 Å². The first-order chi connectivity index (χ1) is 18.9. The fourth-order valence-electron chi connectivity index (χ4n) is 4.18. The number of rotatable bonds is 7. The summed E-state index contributed by atoms with van der Waals surface area (Å²) in [4.78, 5) is 39.6. The summed E-state index contributed by atoms with van der Waals surface area (Å²) < 4.78 is 5.59. The Hall–Kier alpha value is -4.91. The number of anilines is 1. The van der Waals surface area contributed by atoms with Crippen molar-refractivity contribution < 1.29 is 14.3 Å². The predicted molar refractivity (Wildman–Crippen MR) is 152 cm³/mol. The molecule has 0 bridgehead atoms. The summed E-state index contributed by atoms with van der Waals surface area (Å²) in [5.74, 6) is -1.00. The lowest BCUT2D eigenvalue weighted by atomic mass is 10.0. The SMILES string of the molecule is CCC(OC(=O)c1ccc2nc(-c3ccc(C)cc3)c(-c3ccc(C)cc3)nc2c1)C(=O)Nc1ccncc1. The highest BCUT2D eigenvalue weighted by molar-refractivity contribution is 5.99. The smallest absolute Gasteiger partial charge is 0.338 e. The molecule has 5 rings (SSSR count). The molecule has 7 nitrogen and oxygen atoms in total. The molecule has 0 saturated carbocycles. The van der Waals surface area contributed by atoms with Gasteiger partial charge < -0.3 is 10.1 Å². The van der Waals surface area contributed by atoms with E-state index in [1.54, 1.807) is 49.6 Å². The van der Waals surface area contributed by atoms with Crippen molar-refractivity contribution in [3.05, 3.63) is 108 Å².